The van der Waals surface area contributed by atoms with Crippen LogP contribution in [0.3, 0.4) is 0 Å². The summed E-state index contributed by atoms with van der Waals surface area (Å²) >= 11 is 5.87. The zero-order valence-electron chi connectivity index (χ0n) is 18.8. The van der Waals surface area contributed by atoms with Gasteiger partial charge in [-0.25, -0.2) is 14.2 Å². The molecule has 2 aromatic carbocycles. The minimum Gasteiger partial charge on any atom is -0.481 e. The summed E-state index contributed by atoms with van der Waals surface area (Å²) < 4.78 is 29.5. The number of nitrogens with zero attached hydrogens (tertiary/aromatic N) is 2. The number of carbonyl (C=O) groups is 1. The molecule has 1 aromatic heterocycles. The van der Waals surface area contributed by atoms with Gasteiger partial charge in [0.25, 0.3) is 0 Å². The summed E-state index contributed by atoms with van der Waals surface area (Å²) in [4.78, 5) is 19.3. The molecule has 3 aromatic rings. The molecule has 0 aliphatic carbocycles. The minimum atomic E-state index is -0.554. The van der Waals surface area contributed by atoms with Crippen LogP contribution in [-0.2, 0) is 9.47 Å². The third kappa shape index (κ3) is 6.10. The van der Waals surface area contributed by atoms with Crippen LogP contribution in [0, 0.1) is 5.82 Å². The second kappa shape index (κ2) is 11.8. The van der Waals surface area contributed by atoms with Crippen LogP contribution >= 0.6 is 11.6 Å². The van der Waals surface area contributed by atoms with E-state index in [0.717, 1.165) is 16.3 Å². The number of aromatic nitrogens is 1. The van der Waals surface area contributed by atoms with Crippen molar-refractivity contribution in [2.45, 2.75) is 13.0 Å². The van der Waals surface area contributed by atoms with Gasteiger partial charge in [-0.1, -0.05) is 29.8 Å². The molecule has 1 heterocycles. The molecular formula is C24H27ClFN3O4. The number of benzene rings is 2. The highest BCUT2D eigenvalue weighted by molar-refractivity contribution is 6.31. The summed E-state index contributed by atoms with van der Waals surface area (Å²) in [5.74, 6) is -0.0383. The van der Waals surface area contributed by atoms with E-state index in [4.69, 9.17) is 25.8 Å². The molecule has 0 aliphatic rings. The fourth-order valence-electron chi connectivity index (χ4n) is 3.50. The molecule has 2 amide bonds. The van der Waals surface area contributed by atoms with Gasteiger partial charge in [0.15, 0.2) is 0 Å². The molecule has 7 nitrogen and oxygen atoms in total. The van der Waals surface area contributed by atoms with Crippen molar-refractivity contribution in [2.75, 3.05) is 45.9 Å². The number of methoxy groups -OCH3 is 2. The van der Waals surface area contributed by atoms with E-state index >= 15 is 0 Å². The van der Waals surface area contributed by atoms with Crippen molar-refractivity contribution in [3.63, 3.8) is 0 Å². The number of fused-ring (bicyclic) bond motifs is 1. The van der Waals surface area contributed by atoms with E-state index in [9.17, 15) is 9.18 Å². The van der Waals surface area contributed by atoms with Crippen molar-refractivity contribution in [3.05, 3.63) is 65.1 Å². The molecule has 0 radical (unpaired) electrons. The summed E-state index contributed by atoms with van der Waals surface area (Å²) in [5.41, 5.74) is 1.25. The Morgan fingerprint density at radius 1 is 1.15 bits per heavy atom. The van der Waals surface area contributed by atoms with Crippen molar-refractivity contribution in [3.8, 4) is 5.88 Å². The lowest BCUT2D eigenvalue weighted by molar-refractivity contribution is 0.0581. The first kappa shape index (κ1) is 24.7. The van der Waals surface area contributed by atoms with Crippen molar-refractivity contribution in [1.82, 2.24) is 9.88 Å². The number of amides is 2. The van der Waals surface area contributed by atoms with Gasteiger partial charge in [0.05, 0.1) is 38.0 Å². The maximum Gasteiger partial charge on any atom is 0.322 e. The SMILES string of the molecule is COCCOCCN(C(=O)Nc1ccc(F)c(Cl)c1)C(C)c1cnc(OC)c2ccccc12. The summed E-state index contributed by atoms with van der Waals surface area (Å²) in [6, 6.07) is 11.0. The smallest absolute Gasteiger partial charge is 0.322 e. The number of pyridine rings is 1. The molecule has 3 rings (SSSR count). The molecule has 33 heavy (non-hydrogen) atoms. The Balaban J connectivity index is 1.88. The van der Waals surface area contributed by atoms with E-state index in [-0.39, 0.29) is 17.1 Å². The Bertz CT molecular complexity index is 1100. The molecule has 0 fully saturated rings. The number of urea groups is 1. The number of hydrogen-bond donors (Lipinski definition) is 1. The van der Waals surface area contributed by atoms with E-state index in [0.29, 0.717) is 37.9 Å². The predicted octanol–water partition coefficient (Wildman–Crippen LogP) is 5.29. The lowest BCUT2D eigenvalue weighted by atomic mass is 10.0. The molecule has 176 valence electrons. The maximum absolute atomic E-state index is 13.5. The van der Waals surface area contributed by atoms with Crippen molar-refractivity contribution < 1.29 is 23.4 Å². The van der Waals surface area contributed by atoms with Crippen molar-refractivity contribution in [1.29, 1.82) is 0 Å². The maximum atomic E-state index is 13.5. The third-order valence-electron chi connectivity index (χ3n) is 5.24. The Morgan fingerprint density at radius 2 is 1.91 bits per heavy atom. The monoisotopic (exact) mass is 475 g/mol. The first-order chi connectivity index (χ1) is 16.0. The first-order valence-electron chi connectivity index (χ1n) is 10.5. The number of rotatable bonds is 10. The van der Waals surface area contributed by atoms with Gasteiger partial charge >= 0.3 is 6.03 Å². The van der Waals surface area contributed by atoms with Gasteiger partial charge < -0.3 is 24.4 Å². The Labute approximate surface area is 197 Å². The van der Waals surface area contributed by atoms with Gasteiger partial charge in [-0.05, 0) is 36.6 Å². The van der Waals surface area contributed by atoms with Crippen molar-refractivity contribution in [2.24, 2.45) is 0 Å². The van der Waals surface area contributed by atoms with Crippen molar-refractivity contribution >= 4 is 34.1 Å². The van der Waals surface area contributed by atoms with Crippen LogP contribution in [-0.4, -0.2) is 56.5 Å². The number of hydrogen-bond acceptors (Lipinski definition) is 5. The second-order valence-electron chi connectivity index (χ2n) is 7.30. The molecule has 0 spiro atoms. The van der Waals surface area contributed by atoms with Gasteiger partial charge in [-0.15, -0.1) is 0 Å². The average molecular weight is 476 g/mol. The van der Waals surface area contributed by atoms with Crippen LogP contribution in [0.5, 0.6) is 5.88 Å². The Kier molecular flexibility index (Phi) is 8.82. The predicted molar refractivity (Wildman–Crippen MR) is 127 cm³/mol. The molecule has 0 saturated carbocycles. The molecule has 0 saturated heterocycles. The van der Waals surface area contributed by atoms with Gasteiger partial charge in [-0.2, -0.15) is 0 Å². The molecule has 1 N–H and O–H groups in total. The quantitative estimate of drug-likeness (QED) is 0.403. The van der Waals surface area contributed by atoms with Crippen LogP contribution in [0.2, 0.25) is 5.02 Å². The third-order valence-corrected chi connectivity index (χ3v) is 5.53. The average Bonchev–Trinajstić information content (AvgIpc) is 2.82. The van der Waals surface area contributed by atoms with Crippen LogP contribution < -0.4 is 10.1 Å². The number of anilines is 1. The lowest BCUT2D eigenvalue weighted by Crippen LogP contribution is -2.39. The van der Waals surface area contributed by atoms with Crippen LogP contribution in [0.1, 0.15) is 18.5 Å². The zero-order chi connectivity index (χ0) is 23.8. The number of nitrogens with one attached hydrogen (secondary N) is 1. The lowest BCUT2D eigenvalue weighted by Gasteiger charge is -2.30. The Hall–Kier alpha value is -2.94. The number of halogens is 2. The van der Waals surface area contributed by atoms with Gasteiger partial charge in [0, 0.05) is 36.5 Å². The van der Waals surface area contributed by atoms with Crippen LogP contribution in [0.15, 0.2) is 48.7 Å². The van der Waals surface area contributed by atoms with E-state index in [1.807, 2.05) is 31.2 Å². The van der Waals surface area contributed by atoms with E-state index in [1.54, 1.807) is 25.3 Å². The van der Waals surface area contributed by atoms with Crippen LogP contribution in [0.4, 0.5) is 14.9 Å². The fraction of sp³-hybridized carbons (Fsp3) is 0.333. The van der Waals surface area contributed by atoms with Gasteiger partial charge in [-0.3, -0.25) is 0 Å². The Morgan fingerprint density at radius 3 is 2.61 bits per heavy atom. The van der Waals surface area contributed by atoms with Gasteiger partial charge in [0.2, 0.25) is 5.88 Å². The summed E-state index contributed by atoms with van der Waals surface area (Å²) in [5, 5.41) is 4.51. The highest BCUT2D eigenvalue weighted by Gasteiger charge is 2.24. The van der Waals surface area contributed by atoms with E-state index in [1.165, 1.54) is 18.2 Å². The topological polar surface area (TPSA) is 72.9 Å². The molecule has 1 unspecified atom stereocenters. The summed E-state index contributed by atoms with van der Waals surface area (Å²) in [7, 11) is 3.17. The molecule has 1 atom stereocenters. The first-order valence-corrected chi connectivity index (χ1v) is 10.8. The van der Waals surface area contributed by atoms with Crippen LogP contribution in [0.25, 0.3) is 10.8 Å². The highest BCUT2D eigenvalue weighted by atomic mass is 35.5. The standard InChI is InChI=1S/C24H27ClFN3O4/c1-16(20-15-27-23(32-3)19-7-5-4-6-18(19)20)29(10-11-33-13-12-31-2)24(30)28-17-8-9-22(26)21(25)14-17/h4-9,14-16H,10-13H2,1-3H3,(H,28,30). The minimum absolute atomic E-state index is 0.0688. The number of carbonyl (C=O) groups excluding carboxylic acids is 1. The molecule has 0 aliphatic heterocycles. The number of ether oxygens (including phenoxy) is 3. The summed E-state index contributed by atoms with van der Waals surface area (Å²) in [6.07, 6.45) is 1.71. The summed E-state index contributed by atoms with van der Waals surface area (Å²) in [6.45, 7) is 3.42. The fourth-order valence-corrected chi connectivity index (χ4v) is 3.68. The van der Waals surface area contributed by atoms with E-state index in [2.05, 4.69) is 10.3 Å². The highest BCUT2D eigenvalue weighted by Crippen LogP contribution is 2.32. The molecular weight excluding hydrogens is 449 g/mol. The molecule has 9 heteroatoms. The largest absolute Gasteiger partial charge is 0.481 e. The zero-order valence-corrected chi connectivity index (χ0v) is 19.6. The normalized spacial score (nSPS) is 11.9. The second-order valence-corrected chi connectivity index (χ2v) is 7.71. The van der Waals surface area contributed by atoms with Gasteiger partial charge in [0.1, 0.15) is 5.82 Å². The van der Waals surface area contributed by atoms with E-state index < -0.39 is 5.82 Å². The molecule has 0 bridgehead atoms.